The van der Waals surface area contributed by atoms with Crippen LogP contribution in [0.5, 0.6) is 5.75 Å². The van der Waals surface area contributed by atoms with E-state index < -0.39 is 0 Å². The topological polar surface area (TPSA) is 48.1 Å². The highest BCUT2D eigenvalue weighted by molar-refractivity contribution is 14.1. The van der Waals surface area contributed by atoms with Gasteiger partial charge in [0, 0.05) is 15.3 Å². The van der Waals surface area contributed by atoms with Gasteiger partial charge < -0.3 is 10.5 Å². The number of aromatic nitrogens is 1. The van der Waals surface area contributed by atoms with Crippen molar-refractivity contribution in [3.63, 3.8) is 0 Å². The van der Waals surface area contributed by atoms with Crippen LogP contribution in [0.15, 0.2) is 36.5 Å². The Morgan fingerprint density at radius 2 is 2.17 bits per heavy atom. The lowest BCUT2D eigenvalue weighted by Crippen LogP contribution is -2.07. The van der Waals surface area contributed by atoms with E-state index >= 15 is 0 Å². The van der Waals surface area contributed by atoms with Crippen LogP contribution in [0.3, 0.4) is 0 Å². The third kappa shape index (κ3) is 2.90. The maximum absolute atomic E-state index is 13.2. The minimum absolute atomic E-state index is 0.278. The SMILES string of the molecule is CC(Oc1cccnc1N)c1cc(F)ccc1I. The molecule has 5 heteroatoms. The average Bonchev–Trinajstić information content (AvgIpc) is 2.35. The van der Waals surface area contributed by atoms with Gasteiger partial charge in [-0.3, -0.25) is 0 Å². The van der Waals surface area contributed by atoms with Gasteiger partial charge in [0.2, 0.25) is 0 Å². The number of benzene rings is 1. The molecule has 0 bridgehead atoms. The van der Waals surface area contributed by atoms with Crippen molar-refractivity contribution in [2.75, 3.05) is 5.73 Å². The second kappa shape index (κ2) is 5.51. The molecule has 2 rings (SSSR count). The predicted molar refractivity (Wildman–Crippen MR) is 76.8 cm³/mol. The van der Waals surface area contributed by atoms with Crippen LogP contribution in [-0.4, -0.2) is 4.98 Å². The first-order chi connectivity index (χ1) is 8.58. The van der Waals surface area contributed by atoms with Gasteiger partial charge in [-0.15, -0.1) is 0 Å². The first-order valence-electron chi connectivity index (χ1n) is 5.40. The normalized spacial score (nSPS) is 12.2. The fraction of sp³-hybridized carbons (Fsp3) is 0.154. The fourth-order valence-corrected chi connectivity index (χ4v) is 2.36. The Kier molecular flexibility index (Phi) is 4.00. The molecular formula is C13H12FIN2O. The molecule has 94 valence electrons. The molecule has 1 heterocycles. The molecular weight excluding hydrogens is 346 g/mol. The molecule has 1 aromatic carbocycles. The number of nitrogens with two attached hydrogens (primary N) is 1. The molecule has 3 nitrogen and oxygen atoms in total. The summed E-state index contributed by atoms with van der Waals surface area (Å²) in [6.07, 6.45) is 1.30. The number of nitrogen functional groups attached to an aromatic ring is 1. The largest absolute Gasteiger partial charge is 0.482 e. The molecule has 0 aliphatic rings. The van der Waals surface area contributed by atoms with Crippen molar-refractivity contribution >= 4 is 28.4 Å². The molecule has 0 spiro atoms. The van der Waals surface area contributed by atoms with Crippen LogP contribution >= 0.6 is 22.6 Å². The van der Waals surface area contributed by atoms with Gasteiger partial charge in [0.05, 0.1) is 0 Å². The van der Waals surface area contributed by atoms with Crippen molar-refractivity contribution in [2.45, 2.75) is 13.0 Å². The number of nitrogens with zero attached hydrogens (tertiary/aromatic N) is 1. The molecule has 2 aromatic rings. The summed E-state index contributed by atoms with van der Waals surface area (Å²) < 4.78 is 19.9. The van der Waals surface area contributed by atoms with E-state index in [-0.39, 0.29) is 11.9 Å². The van der Waals surface area contributed by atoms with E-state index in [0.717, 1.165) is 9.13 Å². The maximum Gasteiger partial charge on any atom is 0.166 e. The molecule has 0 aliphatic carbocycles. The highest BCUT2D eigenvalue weighted by atomic mass is 127. The van der Waals surface area contributed by atoms with E-state index in [1.165, 1.54) is 12.1 Å². The van der Waals surface area contributed by atoms with Gasteiger partial charge in [0.25, 0.3) is 0 Å². The number of anilines is 1. The zero-order valence-electron chi connectivity index (χ0n) is 9.73. The van der Waals surface area contributed by atoms with Gasteiger partial charge >= 0.3 is 0 Å². The molecule has 0 fully saturated rings. The van der Waals surface area contributed by atoms with E-state index in [1.54, 1.807) is 24.4 Å². The second-order valence-corrected chi connectivity index (χ2v) is 4.97. The third-order valence-corrected chi connectivity index (χ3v) is 3.48. The van der Waals surface area contributed by atoms with Gasteiger partial charge in [0.1, 0.15) is 11.9 Å². The summed E-state index contributed by atoms with van der Waals surface area (Å²) in [5, 5.41) is 0. The van der Waals surface area contributed by atoms with E-state index in [2.05, 4.69) is 27.6 Å². The molecule has 0 saturated carbocycles. The summed E-state index contributed by atoms with van der Waals surface area (Å²) in [7, 11) is 0. The molecule has 0 aliphatic heterocycles. The van der Waals surface area contributed by atoms with Crippen LogP contribution in [0.4, 0.5) is 10.2 Å². The molecule has 1 unspecified atom stereocenters. The van der Waals surface area contributed by atoms with Gasteiger partial charge in [-0.2, -0.15) is 0 Å². The number of ether oxygens (including phenoxy) is 1. The fourth-order valence-electron chi connectivity index (χ4n) is 1.58. The summed E-state index contributed by atoms with van der Waals surface area (Å²) in [4.78, 5) is 3.94. The third-order valence-electron chi connectivity index (χ3n) is 2.50. The zero-order chi connectivity index (χ0) is 13.1. The Bertz CT molecular complexity index is 562. The van der Waals surface area contributed by atoms with Crippen molar-refractivity contribution in [2.24, 2.45) is 0 Å². The molecule has 0 radical (unpaired) electrons. The Hall–Kier alpha value is -1.37. The van der Waals surface area contributed by atoms with Crippen LogP contribution in [0.1, 0.15) is 18.6 Å². The summed E-state index contributed by atoms with van der Waals surface area (Å²) in [5.74, 6) is 0.556. The van der Waals surface area contributed by atoms with Crippen LogP contribution in [0.25, 0.3) is 0 Å². The number of hydrogen-bond acceptors (Lipinski definition) is 3. The van der Waals surface area contributed by atoms with E-state index in [4.69, 9.17) is 10.5 Å². The second-order valence-electron chi connectivity index (χ2n) is 3.81. The van der Waals surface area contributed by atoms with Crippen molar-refractivity contribution in [3.8, 4) is 5.75 Å². The van der Waals surface area contributed by atoms with Crippen molar-refractivity contribution < 1.29 is 9.13 Å². The molecule has 2 N–H and O–H groups in total. The van der Waals surface area contributed by atoms with E-state index in [1.807, 2.05) is 6.92 Å². The van der Waals surface area contributed by atoms with Crippen molar-refractivity contribution in [3.05, 3.63) is 51.5 Å². The Labute approximate surface area is 118 Å². The molecule has 1 atom stereocenters. The van der Waals surface area contributed by atoms with Crippen LogP contribution in [0, 0.1) is 9.39 Å². The van der Waals surface area contributed by atoms with E-state index in [9.17, 15) is 4.39 Å². The Morgan fingerprint density at radius 3 is 2.89 bits per heavy atom. The lowest BCUT2D eigenvalue weighted by Gasteiger charge is -2.17. The monoisotopic (exact) mass is 358 g/mol. The summed E-state index contributed by atoms with van der Waals surface area (Å²) in [5.41, 5.74) is 6.49. The van der Waals surface area contributed by atoms with Crippen LogP contribution < -0.4 is 10.5 Å². The lowest BCUT2D eigenvalue weighted by atomic mass is 10.1. The quantitative estimate of drug-likeness (QED) is 0.854. The van der Waals surface area contributed by atoms with Crippen molar-refractivity contribution in [1.82, 2.24) is 4.98 Å². The summed E-state index contributed by atoms with van der Waals surface area (Å²) in [6, 6.07) is 8.10. The van der Waals surface area contributed by atoms with Crippen molar-refractivity contribution in [1.29, 1.82) is 0 Å². The lowest BCUT2D eigenvalue weighted by molar-refractivity contribution is 0.226. The highest BCUT2D eigenvalue weighted by Gasteiger charge is 2.13. The molecule has 0 saturated heterocycles. The summed E-state index contributed by atoms with van der Waals surface area (Å²) in [6.45, 7) is 1.85. The summed E-state index contributed by atoms with van der Waals surface area (Å²) >= 11 is 2.15. The zero-order valence-corrected chi connectivity index (χ0v) is 11.9. The number of rotatable bonds is 3. The molecule has 18 heavy (non-hydrogen) atoms. The Balaban J connectivity index is 2.25. The van der Waals surface area contributed by atoms with Crippen LogP contribution in [-0.2, 0) is 0 Å². The highest BCUT2D eigenvalue weighted by Crippen LogP contribution is 2.28. The number of hydrogen-bond donors (Lipinski definition) is 1. The van der Waals surface area contributed by atoms with Crippen LogP contribution in [0.2, 0.25) is 0 Å². The van der Waals surface area contributed by atoms with Gasteiger partial charge in [0.15, 0.2) is 11.6 Å². The standard InChI is InChI=1S/C13H12FIN2O/c1-8(10-7-9(14)4-5-11(10)15)18-12-3-2-6-17-13(12)16/h2-8H,1H3,(H2,16,17). The average molecular weight is 358 g/mol. The minimum atomic E-state index is -0.293. The predicted octanol–water partition coefficient (Wildman–Crippen LogP) is 3.55. The number of pyridine rings is 1. The smallest absolute Gasteiger partial charge is 0.166 e. The van der Waals surface area contributed by atoms with Gasteiger partial charge in [-0.05, 0) is 59.8 Å². The first kappa shape index (κ1) is 13.1. The first-order valence-corrected chi connectivity index (χ1v) is 6.48. The Morgan fingerprint density at radius 1 is 1.39 bits per heavy atom. The van der Waals surface area contributed by atoms with Gasteiger partial charge in [-0.1, -0.05) is 0 Å². The molecule has 0 amide bonds. The maximum atomic E-state index is 13.2. The number of halogens is 2. The van der Waals surface area contributed by atoms with E-state index in [0.29, 0.717) is 11.6 Å². The minimum Gasteiger partial charge on any atom is -0.482 e. The van der Waals surface area contributed by atoms with Gasteiger partial charge in [-0.25, -0.2) is 9.37 Å². The molecule has 1 aromatic heterocycles.